The van der Waals surface area contributed by atoms with Gasteiger partial charge in [0, 0.05) is 28.3 Å². The molecule has 220 valence electrons. The first-order valence-electron chi connectivity index (χ1n) is 13.8. The van der Waals surface area contributed by atoms with Crippen LogP contribution in [0.3, 0.4) is 0 Å². The quantitative estimate of drug-likeness (QED) is 0.198. The Morgan fingerprint density at radius 3 is 2.51 bits per heavy atom. The molecule has 5 rings (SSSR count). The van der Waals surface area contributed by atoms with Crippen molar-refractivity contribution in [2.24, 2.45) is 0 Å². The molecule has 3 N–H and O–H groups in total. The SMILES string of the molecule is CC(O)(CNC(=O)c1ccccc1O)CC1CC(C)(C)Oc2nc(-c3ccc(Cl)cc3Cl)c(-c3ccc(C#N)cc3)cc21. The van der Waals surface area contributed by atoms with Gasteiger partial charge in [-0.1, -0.05) is 47.5 Å². The molecule has 1 amide bonds. The highest BCUT2D eigenvalue weighted by Crippen LogP contribution is 2.47. The zero-order chi connectivity index (χ0) is 30.9. The molecule has 0 spiro atoms. The van der Waals surface area contributed by atoms with Gasteiger partial charge in [0.25, 0.3) is 5.91 Å². The summed E-state index contributed by atoms with van der Waals surface area (Å²) in [6.07, 6.45) is 0.905. The second kappa shape index (κ2) is 11.9. The number of fused-ring (bicyclic) bond motifs is 1. The summed E-state index contributed by atoms with van der Waals surface area (Å²) in [4.78, 5) is 17.7. The lowest BCUT2D eigenvalue weighted by Gasteiger charge is -2.40. The predicted molar refractivity (Wildman–Crippen MR) is 168 cm³/mol. The van der Waals surface area contributed by atoms with E-state index in [1.165, 1.54) is 12.1 Å². The Labute approximate surface area is 260 Å². The number of para-hydroxylation sites is 1. The summed E-state index contributed by atoms with van der Waals surface area (Å²) in [5, 5.41) is 34.5. The average molecular weight is 617 g/mol. The molecule has 3 aromatic carbocycles. The van der Waals surface area contributed by atoms with Crippen molar-refractivity contribution in [3.63, 3.8) is 0 Å². The topological polar surface area (TPSA) is 115 Å². The third-order valence-electron chi connectivity index (χ3n) is 7.54. The number of benzene rings is 3. The summed E-state index contributed by atoms with van der Waals surface area (Å²) < 4.78 is 6.38. The lowest BCUT2D eigenvalue weighted by molar-refractivity contribution is 0.0159. The molecule has 43 heavy (non-hydrogen) atoms. The zero-order valence-electron chi connectivity index (χ0n) is 24.0. The average Bonchev–Trinajstić information content (AvgIpc) is 2.95. The molecule has 1 aromatic heterocycles. The lowest BCUT2D eigenvalue weighted by Crippen LogP contribution is -2.44. The molecule has 2 heterocycles. The third kappa shape index (κ3) is 6.78. The number of nitrogens with one attached hydrogen (secondary N) is 1. The van der Waals surface area contributed by atoms with Crippen LogP contribution in [0.25, 0.3) is 22.4 Å². The van der Waals surface area contributed by atoms with Crippen molar-refractivity contribution in [1.82, 2.24) is 10.3 Å². The summed E-state index contributed by atoms with van der Waals surface area (Å²) in [5.74, 6) is -0.332. The second-order valence-corrected chi connectivity index (χ2v) is 12.6. The number of pyridine rings is 1. The maximum atomic E-state index is 12.7. The van der Waals surface area contributed by atoms with Gasteiger partial charge in [-0.2, -0.15) is 5.26 Å². The van der Waals surface area contributed by atoms with Crippen molar-refractivity contribution in [3.05, 3.63) is 99.5 Å². The standard InChI is InChI=1S/C34H31Cl2N3O4/c1-33(2)16-22(17-34(3,42)19-38-31(41)25-6-4-5-7-29(25)40)27-15-26(21-10-8-20(18-37)9-11-21)30(39-32(27)43-33)24-13-12-23(35)14-28(24)36/h4-15,22,40,42H,16-17,19H2,1-3H3,(H,38,41). The van der Waals surface area contributed by atoms with Crippen molar-refractivity contribution < 1.29 is 19.7 Å². The molecular weight excluding hydrogens is 585 g/mol. The molecule has 2 unspecified atom stereocenters. The van der Waals surface area contributed by atoms with Gasteiger partial charge in [-0.05, 0) is 93.6 Å². The van der Waals surface area contributed by atoms with Gasteiger partial charge >= 0.3 is 0 Å². The monoisotopic (exact) mass is 615 g/mol. The van der Waals surface area contributed by atoms with E-state index in [9.17, 15) is 20.3 Å². The molecule has 0 saturated carbocycles. The Morgan fingerprint density at radius 2 is 1.84 bits per heavy atom. The van der Waals surface area contributed by atoms with Crippen LogP contribution in [0.1, 0.15) is 61.0 Å². The van der Waals surface area contributed by atoms with Gasteiger partial charge in [0.05, 0.1) is 33.5 Å². The van der Waals surface area contributed by atoms with E-state index in [2.05, 4.69) is 11.4 Å². The van der Waals surface area contributed by atoms with Crippen LogP contribution in [0.15, 0.2) is 72.8 Å². The van der Waals surface area contributed by atoms with Crippen molar-refractivity contribution in [1.29, 1.82) is 5.26 Å². The minimum atomic E-state index is -1.29. The van der Waals surface area contributed by atoms with Gasteiger partial charge in [0.2, 0.25) is 5.88 Å². The number of nitrogens with zero attached hydrogens (tertiary/aromatic N) is 2. The molecule has 1 aliphatic heterocycles. The molecule has 1 aliphatic rings. The van der Waals surface area contributed by atoms with Gasteiger partial charge < -0.3 is 20.3 Å². The van der Waals surface area contributed by atoms with Crippen molar-refractivity contribution >= 4 is 29.1 Å². The van der Waals surface area contributed by atoms with E-state index >= 15 is 0 Å². The maximum absolute atomic E-state index is 12.7. The fraction of sp³-hybridized carbons (Fsp3) is 0.265. The number of phenols is 1. The smallest absolute Gasteiger partial charge is 0.255 e. The summed E-state index contributed by atoms with van der Waals surface area (Å²) in [6, 6.07) is 22.9. The number of aromatic nitrogens is 1. The van der Waals surface area contributed by atoms with Crippen LogP contribution in [0.4, 0.5) is 0 Å². The molecule has 7 nitrogen and oxygen atoms in total. The predicted octanol–water partition coefficient (Wildman–Crippen LogP) is 7.52. The Kier molecular flexibility index (Phi) is 8.40. The van der Waals surface area contributed by atoms with E-state index in [1.54, 1.807) is 43.3 Å². The largest absolute Gasteiger partial charge is 0.507 e. The summed E-state index contributed by atoms with van der Waals surface area (Å²) in [5.41, 5.74) is 2.51. The first-order valence-corrected chi connectivity index (χ1v) is 14.6. The molecule has 9 heteroatoms. The summed E-state index contributed by atoms with van der Waals surface area (Å²) in [6.45, 7) is 5.60. The number of ether oxygens (including phenoxy) is 1. The zero-order valence-corrected chi connectivity index (χ0v) is 25.5. The van der Waals surface area contributed by atoms with E-state index in [4.69, 9.17) is 32.9 Å². The number of amides is 1. The number of hydrogen-bond acceptors (Lipinski definition) is 6. The van der Waals surface area contributed by atoms with Crippen LogP contribution < -0.4 is 10.1 Å². The molecular formula is C34H31Cl2N3O4. The number of nitriles is 1. The van der Waals surface area contributed by atoms with Gasteiger partial charge in [-0.15, -0.1) is 0 Å². The number of aliphatic hydroxyl groups is 1. The molecule has 0 aliphatic carbocycles. The summed E-state index contributed by atoms with van der Waals surface area (Å²) in [7, 11) is 0. The Balaban J connectivity index is 1.53. The highest BCUT2D eigenvalue weighted by Gasteiger charge is 2.39. The van der Waals surface area contributed by atoms with Crippen molar-refractivity contribution in [2.45, 2.75) is 50.7 Å². The van der Waals surface area contributed by atoms with E-state index in [1.807, 2.05) is 38.1 Å². The maximum Gasteiger partial charge on any atom is 0.255 e. The van der Waals surface area contributed by atoms with Gasteiger partial charge in [-0.25, -0.2) is 4.98 Å². The van der Waals surface area contributed by atoms with Crippen LogP contribution in [0.2, 0.25) is 10.0 Å². The minimum Gasteiger partial charge on any atom is -0.507 e. The first kappa shape index (κ1) is 30.4. The van der Waals surface area contributed by atoms with Gasteiger partial charge in [-0.3, -0.25) is 4.79 Å². The Morgan fingerprint density at radius 1 is 1.12 bits per heavy atom. The third-order valence-corrected chi connectivity index (χ3v) is 8.09. The van der Waals surface area contributed by atoms with Crippen LogP contribution in [-0.4, -0.2) is 38.9 Å². The Hall–Kier alpha value is -4.09. The number of carbonyl (C=O) groups excluding carboxylic acids is 1. The van der Waals surface area contributed by atoms with E-state index in [-0.39, 0.29) is 23.8 Å². The van der Waals surface area contributed by atoms with Crippen LogP contribution in [0, 0.1) is 11.3 Å². The van der Waals surface area contributed by atoms with Gasteiger partial charge in [0.15, 0.2) is 0 Å². The van der Waals surface area contributed by atoms with Crippen molar-refractivity contribution in [3.8, 4) is 40.1 Å². The number of carbonyl (C=O) groups is 1. The fourth-order valence-corrected chi connectivity index (χ4v) is 6.04. The van der Waals surface area contributed by atoms with E-state index < -0.39 is 17.1 Å². The second-order valence-electron chi connectivity index (χ2n) is 11.8. The van der Waals surface area contributed by atoms with E-state index in [0.717, 1.165) is 16.7 Å². The molecule has 0 fully saturated rings. The highest BCUT2D eigenvalue weighted by molar-refractivity contribution is 6.36. The normalized spacial score (nSPS) is 16.7. The molecule has 4 aromatic rings. The fourth-order valence-electron chi connectivity index (χ4n) is 5.54. The number of aromatic hydroxyl groups is 1. The molecule has 0 bridgehead atoms. The molecule has 0 saturated heterocycles. The number of rotatable bonds is 7. The number of hydrogen-bond donors (Lipinski definition) is 3. The number of phenolic OH excluding ortho intramolecular Hbond substituents is 1. The number of halogens is 2. The minimum absolute atomic E-state index is 0.0261. The van der Waals surface area contributed by atoms with Crippen LogP contribution in [0.5, 0.6) is 11.6 Å². The molecule has 2 atom stereocenters. The van der Waals surface area contributed by atoms with Crippen LogP contribution in [-0.2, 0) is 0 Å². The highest BCUT2D eigenvalue weighted by atomic mass is 35.5. The lowest BCUT2D eigenvalue weighted by atomic mass is 9.78. The van der Waals surface area contributed by atoms with Gasteiger partial charge in [0.1, 0.15) is 11.4 Å². The summed E-state index contributed by atoms with van der Waals surface area (Å²) >= 11 is 12.8. The van der Waals surface area contributed by atoms with E-state index in [0.29, 0.717) is 45.6 Å². The molecule has 0 radical (unpaired) electrons. The first-order chi connectivity index (χ1) is 20.4. The van der Waals surface area contributed by atoms with Crippen molar-refractivity contribution in [2.75, 3.05) is 6.54 Å². The van der Waals surface area contributed by atoms with Crippen LogP contribution >= 0.6 is 23.2 Å². The Bertz CT molecular complexity index is 1730.